The third-order valence-electron chi connectivity index (χ3n) is 2.36. The Bertz CT molecular complexity index is 605. The minimum absolute atomic E-state index is 0.219. The lowest BCUT2D eigenvalue weighted by atomic mass is 10.2. The Morgan fingerprint density at radius 3 is 2.88 bits per heavy atom. The Balaban J connectivity index is 1.96. The van der Waals surface area contributed by atoms with Crippen LogP contribution in [0.3, 0.4) is 0 Å². The molecule has 2 aromatic rings. The molecule has 0 fully saturated rings. The van der Waals surface area contributed by atoms with Gasteiger partial charge in [0, 0.05) is 18.2 Å². The minimum atomic E-state index is -2.86. The van der Waals surface area contributed by atoms with E-state index in [1.54, 1.807) is 0 Å². The first-order valence-electron chi connectivity index (χ1n) is 5.32. The molecule has 1 aromatic heterocycles. The Kier molecular flexibility index (Phi) is 3.63. The van der Waals surface area contributed by atoms with Crippen molar-refractivity contribution < 1.29 is 8.42 Å². The molecule has 0 aliphatic heterocycles. The molecule has 0 radical (unpaired) electrons. The van der Waals surface area contributed by atoms with Crippen LogP contribution in [0, 0.1) is 0 Å². The zero-order valence-electron chi connectivity index (χ0n) is 9.51. The van der Waals surface area contributed by atoms with Crippen LogP contribution >= 0.6 is 11.5 Å². The van der Waals surface area contributed by atoms with Gasteiger partial charge in [-0.2, -0.15) is 4.37 Å². The average Bonchev–Trinajstić information content (AvgIpc) is 2.67. The lowest BCUT2D eigenvalue weighted by Gasteiger charge is -2.02. The summed E-state index contributed by atoms with van der Waals surface area (Å²) in [6, 6.07) is 7.90. The number of nitrogens with zero attached hydrogens (tertiary/aromatic N) is 1. The molecule has 0 saturated heterocycles. The number of benzene rings is 1. The fourth-order valence-corrected chi connectivity index (χ4v) is 3.01. The highest BCUT2D eigenvalue weighted by atomic mass is 32.2. The summed E-state index contributed by atoms with van der Waals surface area (Å²) < 4.78 is 26.2. The number of aromatic nitrogens is 1. The van der Waals surface area contributed by atoms with Gasteiger partial charge in [0.15, 0.2) is 0 Å². The van der Waals surface area contributed by atoms with Crippen molar-refractivity contribution in [2.45, 2.75) is 6.42 Å². The maximum absolute atomic E-state index is 11.0. The van der Waals surface area contributed by atoms with Crippen LogP contribution in [0.25, 0.3) is 10.9 Å². The topological polar surface area (TPSA) is 59.1 Å². The van der Waals surface area contributed by atoms with Crippen molar-refractivity contribution in [3.8, 4) is 0 Å². The van der Waals surface area contributed by atoms with Crippen LogP contribution in [0.4, 0.5) is 5.00 Å². The number of sulfone groups is 1. The van der Waals surface area contributed by atoms with Crippen LogP contribution in [0.2, 0.25) is 0 Å². The molecule has 17 heavy (non-hydrogen) atoms. The van der Waals surface area contributed by atoms with Crippen LogP contribution in [0.1, 0.15) is 6.42 Å². The Hall–Kier alpha value is -1.14. The largest absolute Gasteiger partial charge is 0.375 e. The van der Waals surface area contributed by atoms with E-state index in [2.05, 4.69) is 9.69 Å². The van der Waals surface area contributed by atoms with Gasteiger partial charge in [-0.1, -0.05) is 12.1 Å². The van der Waals surface area contributed by atoms with E-state index in [0.29, 0.717) is 13.0 Å². The van der Waals surface area contributed by atoms with E-state index in [1.807, 2.05) is 24.3 Å². The summed E-state index contributed by atoms with van der Waals surface area (Å²) >= 11 is 1.41. The molecule has 1 N–H and O–H groups in total. The summed E-state index contributed by atoms with van der Waals surface area (Å²) in [5.74, 6) is 0.219. The molecule has 0 aliphatic rings. The molecule has 92 valence electrons. The van der Waals surface area contributed by atoms with Gasteiger partial charge in [-0.05, 0) is 30.1 Å². The number of rotatable bonds is 5. The molecule has 0 amide bonds. The van der Waals surface area contributed by atoms with Crippen molar-refractivity contribution in [3.05, 3.63) is 24.3 Å². The van der Waals surface area contributed by atoms with Crippen molar-refractivity contribution in [1.82, 2.24) is 4.37 Å². The van der Waals surface area contributed by atoms with Crippen LogP contribution in [-0.4, -0.2) is 31.3 Å². The third-order valence-corrected chi connectivity index (χ3v) is 4.23. The molecule has 0 saturated carbocycles. The van der Waals surface area contributed by atoms with Gasteiger partial charge in [-0.25, -0.2) is 8.42 Å². The zero-order chi connectivity index (χ0) is 12.3. The van der Waals surface area contributed by atoms with Crippen molar-refractivity contribution in [3.63, 3.8) is 0 Å². The Morgan fingerprint density at radius 2 is 2.12 bits per heavy atom. The van der Waals surface area contributed by atoms with Gasteiger partial charge >= 0.3 is 0 Å². The first-order chi connectivity index (χ1) is 8.06. The number of hydrogen-bond acceptors (Lipinski definition) is 5. The van der Waals surface area contributed by atoms with E-state index in [4.69, 9.17) is 0 Å². The first kappa shape index (κ1) is 12.3. The van der Waals surface area contributed by atoms with Gasteiger partial charge in [0.1, 0.15) is 14.8 Å². The fourth-order valence-electron chi connectivity index (χ4n) is 1.55. The maximum Gasteiger partial charge on any atom is 0.147 e. The molecular formula is C11H14N2O2S2. The van der Waals surface area contributed by atoms with Crippen molar-refractivity contribution >= 4 is 37.3 Å². The monoisotopic (exact) mass is 270 g/mol. The van der Waals surface area contributed by atoms with Crippen LogP contribution in [0.15, 0.2) is 24.3 Å². The molecule has 0 unspecified atom stereocenters. The highest BCUT2D eigenvalue weighted by Crippen LogP contribution is 2.26. The summed E-state index contributed by atoms with van der Waals surface area (Å²) in [6.45, 7) is 0.652. The van der Waals surface area contributed by atoms with E-state index in [9.17, 15) is 8.42 Å². The molecule has 1 heterocycles. The molecule has 2 rings (SSSR count). The number of anilines is 1. The normalized spacial score (nSPS) is 11.8. The van der Waals surface area contributed by atoms with Gasteiger partial charge in [-0.15, -0.1) is 0 Å². The van der Waals surface area contributed by atoms with Crippen LogP contribution in [0.5, 0.6) is 0 Å². The lowest BCUT2D eigenvalue weighted by molar-refractivity contribution is 0.600. The Labute approximate surface area is 105 Å². The molecule has 0 spiro atoms. The maximum atomic E-state index is 11.0. The first-order valence-corrected chi connectivity index (χ1v) is 8.16. The summed E-state index contributed by atoms with van der Waals surface area (Å²) in [7, 11) is -2.86. The molecule has 1 aromatic carbocycles. The average molecular weight is 270 g/mol. The highest BCUT2D eigenvalue weighted by molar-refractivity contribution is 7.90. The lowest BCUT2D eigenvalue weighted by Crippen LogP contribution is -2.09. The second kappa shape index (κ2) is 5.01. The summed E-state index contributed by atoms with van der Waals surface area (Å²) in [6.07, 6.45) is 1.88. The van der Waals surface area contributed by atoms with Crippen molar-refractivity contribution in [2.24, 2.45) is 0 Å². The van der Waals surface area contributed by atoms with Gasteiger partial charge < -0.3 is 5.32 Å². The minimum Gasteiger partial charge on any atom is -0.375 e. The van der Waals surface area contributed by atoms with Crippen molar-refractivity contribution in [1.29, 1.82) is 0 Å². The number of nitrogens with one attached hydrogen (secondary N) is 1. The quantitative estimate of drug-likeness (QED) is 0.846. The van der Waals surface area contributed by atoms with E-state index >= 15 is 0 Å². The summed E-state index contributed by atoms with van der Waals surface area (Å²) in [5, 5.41) is 5.33. The fraction of sp³-hybridized carbons (Fsp3) is 0.364. The van der Waals surface area contributed by atoms with E-state index < -0.39 is 9.84 Å². The predicted octanol–water partition coefficient (Wildman–Crippen LogP) is 2.14. The highest BCUT2D eigenvalue weighted by Gasteiger charge is 2.05. The predicted molar refractivity (Wildman–Crippen MR) is 72.4 cm³/mol. The smallest absolute Gasteiger partial charge is 0.147 e. The standard InChI is InChI=1S/C11H14N2O2S2/c1-17(14,15)8-4-7-12-11-9-5-2-3-6-10(9)13-16-11/h2-3,5-6,12H,4,7-8H2,1H3. The molecule has 0 atom stereocenters. The molecule has 0 bridgehead atoms. The Morgan fingerprint density at radius 1 is 1.35 bits per heavy atom. The van der Waals surface area contributed by atoms with E-state index in [0.717, 1.165) is 15.9 Å². The van der Waals surface area contributed by atoms with E-state index in [1.165, 1.54) is 17.8 Å². The third kappa shape index (κ3) is 3.41. The molecule has 6 heteroatoms. The van der Waals surface area contributed by atoms with Crippen LogP contribution < -0.4 is 5.32 Å². The second-order valence-corrected chi connectivity index (χ2v) is 6.97. The van der Waals surface area contributed by atoms with Crippen LogP contribution in [-0.2, 0) is 9.84 Å². The molecular weight excluding hydrogens is 256 g/mol. The van der Waals surface area contributed by atoms with Gasteiger partial charge in [0.25, 0.3) is 0 Å². The summed E-state index contributed by atoms with van der Waals surface area (Å²) in [4.78, 5) is 0. The van der Waals surface area contributed by atoms with E-state index in [-0.39, 0.29) is 5.75 Å². The second-order valence-electron chi connectivity index (χ2n) is 3.94. The number of fused-ring (bicyclic) bond motifs is 1. The van der Waals surface area contributed by atoms with Gasteiger partial charge in [0.2, 0.25) is 0 Å². The van der Waals surface area contributed by atoms with Gasteiger partial charge in [-0.3, -0.25) is 0 Å². The summed E-state index contributed by atoms with van der Waals surface area (Å²) in [5.41, 5.74) is 0.975. The van der Waals surface area contributed by atoms with Crippen molar-refractivity contribution in [2.75, 3.05) is 23.9 Å². The molecule has 4 nitrogen and oxygen atoms in total. The number of hydrogen-bond donors (Lipinski definition) is 1. The zero-order valence-corrected chi connectivity index (χ0v) is 11.1. The SMILES string of the molecule is CS(=O)(=O)CCCNc1snc2ccccc12. The molecule has 0 aliphatic carbocycles. The van der Waals surface area contributed by atoms with Gasteiger partial charge in [0.05, 0.1) is 11.3 Å².